The van der Waals surface area contributed by atoms with E-state index in [2.05, 4.69) is 36.9 Å². The van der Waals surface area contributed by atoms with Gasteiger partial charge in [0.1, 0.15) is 0 Å². The summed E-state index contributed by atoms with van der Waals surface area (Å²) >= 11 is 1.60. The van der Waals surface area contributed by atoms with Crippen LogP contribution < -0.4 is 4.90 Å². The van der Waals surface area contributed by atoms with Gasteiger partial charge in [-0.3, -0.25) is 9.59 Å². The molecule has 0 bridgehead atoms. The Morgan fingerprint density at radius 1 is 1.03 bits per heavy atom. The fourth-order valence-electron chi connectivity index (χ4n) is 5.59. The first-order chi connectivity index (χ1) is 17.5. The molecule has 1 saturated heterocycles. The van der Waals surface area contributed by atoms with Crippen LogP contribution in [0.5, 0.6) is 0 Å². The number of rotatable bonds is 6. The number of fused-ring (bicyclic) bond motifs is 1. The number of benzene rings is 2. The zero-order chi connectivity index (χ0) is 25.2. The summed E-state index contributed by atoms with van der Waals surface area (Å²) in [5, 5.41) is 2.01. The molecule has 1 aromatic heterocycles. The van der Waals surface area contributed by atoms with Crippen LogP contribution in [-0.4, -0.2) is 68.1 Å². The van der Waals surface area contributed by atoms with Crippen LogP contribution in [0.3, 0.4) is 0 Å². The highest BCUT2D eigenvalue weighted by Gasteiger charge is 2.46. The molecule has 0 N–H and O–H groups in total. The number of carbonyl (C=O) groups is 2. The van der Waals surface area contributed by atoms with E-state index < -0.39 is 5.92 Å². The molecule has 2 aliphatic rings. The number of amides is 2. The van der Waals surface area contributed by atoms with E-state index in [1.807, 2.05) is 51.6 Å². The van der Waals surface area contributed by atoms with Crippen LogP contribution in [-0.2, 0) is 9.53 Å². The predicted octanol–water partition coefficient (Wildman–Crippen LogP) is 4.64. The first-order valence-corrected chi connectivity index (χ1v) is 13.4. The number of methoxy groups -OCH3 is 1. The van der Waals surface area contributed by atoms with Gasteiger partial charge < -0.3 is 19.4 Å². The molecule has 0 saturated carbocycles. The van der Waals surface area contributed by atoms with E-state index in [0.717, 1.165) is 23.5 Å². The SMILES string of the molecule is COCCN1C(=O)c2ccccc2C(C(=O)N2CCN(c3ccc(C)cc3C)CC2)C1c1cccs1. The van der Waals surface area contributed by atoms with Crippen LogP contribution in [0.2, 0.25) is 0 Å². The molecule has 5 rings (SSSR count). The van der Waals surface area contributed by atoms with E-state index in [0.29, 0.717) is 31.8 Å². The van der Waals surface area contributed by atoms with Crippen molar-refractivity contribution in [1.29, 1.82) is 0 Å². The molecule has 0 radical (unpaired) electrons. The zero-order valence-electron chi connectivity index (χ0n) is 21.1. The van der Waals surface area contributed by atoms with E-state index in [9.17, 15) is 9.59 Å². The summed E-state index contributed by atoms with van der Waals surface area (Å²) in [6, 6.07) is 17.8. The Morgan fingerprint density at radius 3 is 2.50 bits per heavy atom. The molecular formula is C29H33N3O3S. The zero-order valence-corrected chi connectivity index (χ0v) is 22.0. The molecule has 2 unspecified atom stereocenters. The number of piperazine rings is 1. The predicted molar refractivity (Wildman–Crippen MR) is 144 cm³/mol. The second-order valence-corrected chi connectivity index (χ2v) is 10.6. The van der Waals surface area contributed by atoms with Gasteiger partial charge in [-0.25, -0.2) is 0 Å². The van der Waals surface area contributed by atoms with Crippen molar-refractivity contribution >= 4 is 28.8 Å². The Morgan fingerprint density at radius 2 is 1.81 bits per heavy atom. The van der Waals surface area contributed by atoms with Crippen molar-refractivity contribution in [3.8, 4) is 0 Å². The molecule has 2 aromatic carbocycles. The van der Waals surface area contributed by atoms with Gasteiger partial charge >= 0.3 is 0 Å². The Hall–Kier alpha value is -3.16. The topological polar surface area (TPSA) is 53.1 Å². The van der Waals surface area contributed by atoms with Crippen LogP contribution in [0.4, 0.5) is 5.69 Å². The maximum atomic E-state index is 14.2. The van der Waals surface area contributed by atoms with Crippen LogP contribution in [0.25, 0.3) is 0 Å². The van der Waals surface area contributed by atoms with Crippen molar-refractivity contribution in [3.05, 3.63) is 87.1 Å². The van der Waals surface area contributed by atoms with Crippen LogP contribution in [0.1, 0.15) is 43.9 Å². The van der Waals surface area contributed by atoms with E-state index in [1.54, 1.807) is 18.4 Å². The van der Waals surface area contributed by atoms with Gasteiger partial charge in [0, 0.05) is 56.0 Å². The van der Waals surface area contributed by atoms with Crippen molar-refractivity contribution in [2.24, 2.45) is 0 Å². The fraction of sp³-hybridized carbons (Fsp3) is 0.379. The first-order valence-electron chi connectivity index (χ1n) is 12.5. The number of aryl methyl sites for hydroxylation is 2. The van der Waals surface area contributed by atoms with Gasteiger partial charge in [-0.15, -0.1) is 11.3 Å². The lowest BCUT2D eigenvalue weighted by atomic mass is 9.81. The Bertz CT molecular complexity index is 1230. The number of hydrogen-bond donors (Lipinski definition) is 0. The summed E-state index contributed by atoms with van der Waals surface area (Å²) < 4.78 is 5.34. The molecule has 0 spiro atoms. The summed E-state index contributed by atoms with van der Waals surface area (Å²) in [5.74, 6) is -0.386. The number of thiophene rings is 1. The summed E-state index contributed by atoms with van der Waals surface area (Å²) in [6.07, 6.45) is 0. The molecule has 2 aliphatic heterocycles. The highest BCUT2D eigenvalue weighted by atomic mass is 32.1. The normalized spacial score (nSPS) is 20.0. The molecule has 7 heteroatoms. The lowest BCUT2D eigenvalue weighted by molar-refractivity contribution is -0.135. The number of carbonyl (C=O) groups excluding carboxylic acids is 2. The maximum absolute atomic E-state index is 14.2. The molecule has 36 heavy (non-hydrogen) atoms. The third-order valence-electron chi connectivity index (χ3n) is 7.36. The molecular weight excluding hydrogens is 470 g/mol. The van der Waals surface area contributed by atoms with Gasteiger partial charge in [-0.2, -0.15) is 0 Å². The number of anilines is 1. The highest BCUT2D eigenvalue weighted by molar-refractivity contribution is 7.10. The molecule has 0 aliphatic carbocycles. The lowest BCUT2D eigenvalue weighted by Gasteiger charge is -2.44. The first kappa shape index (κ1) is 24.5. The smallest absolute Gasteiger partial charge is 0.254 e. The molecule has 2 amide bonds. The van der Waals surface area contributed by atoms with Gasteiger partial charge in [0.15, 0.2) is 0 Å². The van der Waals surface area contributed by atoms with Gasteiger partial charge in [-0.1, -0.05) is 42.0 Å². The van der Waals surface area contributed by atoms with Gasteiger partial charge in [0.25, 0.3) is 5.91 Å². The van der Waals surface area contributed by atoms with Gasteiger partial charge in [-0.05, 0) is 48.6 Å². The second-order valence-electron chi connectivity index (χ2n) is 9.62. The van der Waals surface area contributed by atoms with Crippen LogP contribution >= 0.6 is 11.3 Å². The Labute approximate surface area is 217 Å². The number of nitrogens with zero attached hydrogens (tertiary/aromatic N) is 3. The minimum Gasteiger partial charge on any atom is -0.383 e. The summed E-state index contributed by atoms with van der Waals surface area (Å²) in [5.41, 5.74) is 5.21. The minimum absolute atomic E-state index is 0.0373. The fourth-order valence-corrected chi connectivity index (χ4v) is 6.47. The highest BCUT2D eigenvalue weighted by Crippen LogP contribution is 2.45. The number of hydrogen-bond acceptors (Lipinski definition) is 5. The van der Waals surface area contributed by atoms with Crippen molar-refractivity contribution in [2.75, 3.05) is 51.3 Å². The third kappa shape index (κ3) is 4.53. The van der Waals surface area contributed by atoms with E-state index in [4.69, 9.17) is 4.74 Å². The van der Waals surface area contributed by atoms with E-state index in [1.165, 1.54) is 16.8 Å². The van der Waals surface area contributed by atoms with Crippen molar-refractivity contribution in [1.82, 2.24) is 9.80 Å². The lowest BCUT2D eigenvalue weighted by Crippen LogP contribution is -2.53. The van der Waals surface area contributed by atoms with Gasteiger partial charge in [0.05, 0.1) is 18.6 Å². The molecule has 1 fully saturated rings. The van der Waals surface area contributed by atoms with E-state index >= 15 is 0 Å². The van der Waals surface area contributed by atoms with Crippen molar-refractivity contribution in [3.63, 3.8) is 0 Å². The monoisotopic (exact) mass is 503 g/mol. The quantitative estimate of drug-likeness (QED) is 0.492. The largest absolute Gasteiger partial charge is 0.383 e. The standard InChI is InChI=1S/C29H33N3O3S/c1-20-10-11-24(21(2)19-20)30-12-14-31(15-13-30)29(34)26-22-7-4-5-8-23(22)28(33)32(16-17-35-3)27(26)25-9-6-18-36-25/h4-11,18-19,26-27H,12-17H2,1-3H3. The maximum Gasteiger partial charge on any atom is 0.254 e. The summed E-state index contributed by atoms with van der Waals surface area (Å²) in [4.78, 5) is 35.1. The number of ether oxygens (including phenoxy) is 1. The van der Waals surface area contributed by atoms with Crippen LogP contribution in [0.15, 0.2) is 60.0 Å². The Kier molecular flexibility index (Phi) is 7.12. The van der Waals surface area contributed by atoms with Crippen molar-refractivity contribution < 1.29 is 14.3 Å². The van der Waals surface area contributed by atoms with E-state index in [-0.39, 0.29) is 17.9 Å². The molecule has 3 heterocycles. The molecule has 3 aromatic rings. The van der Waals surface area contributed by atoms with Crippen LogP contribution in [0, 0.1) is 13.8 Å². The van der Waals surface area contributed by atoms with Crippen molar-refractivity contribution in [2.45, 2.75) is 25.8 Å². The van der Waals surface area contributed by atoms with Gasteiger partial charge in [0.2, 0.25) is 5.91 Å². The molecule has 2 atom stereocenters. The average molecular weight is 504 g/mol. The molecule has 188 valence electrons. The average Bonchev–Trinajstić information content (AvgIpc) is 3.42. The Balaban J connectivity index is 1.45. The minimum atomic E-state index is -0.443. The summed E-state index contributed by atoms with van der Waals surface area (Å²) in [6.45, 7) is 8.03. The summed E-state index contributed by atoms with van der Waals surface area (Å²) in [7, 11) is 1.64. The molecule has 6 nitrogen and oxygen atoms in total. The third-order valence-corrected chi connectivity index (χ3v) is 8.30. The second kappa shape index (κ2) is 10.4.